The molecule has 1 aromatic carbocycles. The van der Waals surface area contributed by atoms with Gasteiger partial charge >= 0.3 is 0 Å². The van der Waals surface area contributed by atoms with E-state index in [1.165, 1.54) is 5.56 Å². The number of nitrogens with two attached hydrogens (primary N) is 1. The predicted octanol–water partition coefficient (Wildman–Crippen LogP) is 0.0246. The van der Waals surface area contributed by atoms with Crippen LogP contribution in [0.3, 0.4) is 0 Å². The number of benzene rings is 1. The van der Waals surface area contributed by atoms with Gasteiger partial charge < -0.3 is 15.5 Å². The monoisotopic (exact) mass is 396 g/mol. The van der Waals surface area contributed by atoms with Gasteiger partial charge in [0.25, 0.3) is 0 Å². The van der Waals surface area contributed by atoms with E-state index >= 15 is 0 Å². The molecule has 0 aromatic heterocycles. The van der Waals surface area contributed by atoms with Crippen molar-refractivity contribution in [1.82, 2.24) is 14.7 Å². The Hall–Kier alpha value is -1.48. The molecule has 1 aromatic rings. The zero-order valence-corrected chi connectivity index (χ0v) is 17.2. The van der Waals surface area contributed by atoms with Crippen molar-refractivity contribution in [3.8, 4) is 0 Å². The van der Waals surface area contributed by atoms with Crippen LogP contribution in [0.25, 0.3) is 0 Å². The van der Waals surface area contributed by atoms with E-state index in [-0.39, 0.29) is 18.1 Å². The molecule has 2 rings (SSSR count). The van der Waals surface area contributed by atoms with E-state index in [1.54, 1.807) is 4.90 Å². The molecule has 1 fully saturated rings. The van der Waals surface area contributed by atoms with Crippen molar-refractivity contribution in [3.05, 3.63) is 35.9 Å². The van der Waals surface area contributed by atoms with Gasteiger partial charge in [-0.15, -0.1) is 0 Å². The van der Waals surface area contributed by atoms with E-state index in [9.17, 15) is 13.2 Å². The largest absolute Gasteiger partial charge is 0.339 e. The van der Waals surface area contributed by atoms with Gasteiger partial charge in [0, 0.05) is 52.1 Å². The zero-order valence-electron chi connectivity index (χ0n) is 16.4. The van der Waals surface area contributed by atoms with Crippen LogP contribution >= 0.6 is 0 Å². The quantitative estimate of drug-likeness (QED) is 0.633. The Kier molecular flexibility index (Phi) is 8.22. The van der Waals surface area contributed by atoms with Crippen LogP contribution in [0.15, 0.2) is 30.3 Å². The van der Waals surface area contributed by atoms with E-state index in [0.717, 1.165) is 39.0 Å². The molecule has 1 saturated heterocycles. The molecule has 0 saturated carbocycles. The lowest BCUT2D eigenvalue weighted by Gasteiger charge is -2.36. The first kappa shape index (κ1) is 21.8. The fourth-order valence-corrected chi connectivity index (χ4v) is 3.86. The Bertz CT molecular complexity index is 688. The third kappa shape index (κ3) is 7.96. The minimum atomic E-state index is -3.09. The molecule has 1 atom stereocenters. The summed E-state index contributed by atoms with van der Waals surface area (Å²) < 4.78 is 22.5. The number of piperazine rings is 1. The van der Waals surface area contributed by atoms with E-state index in [0.29, 0.717) is 13.1 Å². The first-order valence-electron chi connectivity index (χ1n) is 9.41. The Balaban J connectivity index is 1.68. The molecule has 0 bridgehead atoms. The number of rotatable bonds is 9. The second kappa shape index (κ2) is 10.2. The molecule has 27 heavy (non-hydrogen) atoms. The molecule has 152 valence electrons. The Morgan fingerprint density at radius 1 is 1.19 bits per heavy atom. The third-order valence-electron chi connectivity index (χ3n) is 4.89. The summed E-state index contributed by atoms with van der Waals surface area (Å²) >= 11 is 0. The molecule has 7 nitrogen and oxygen atoms in total. The fourth-order valence-electron chi connectivity index (χ4n) is 3.18. The van der Waals surface area contributed by atoms with Crippen molar-refractivity contribution in [3.63, 3.8) is 0 Å². The molecule has 1 unspecified atom stereocenters. The summed E-state index contributed by atoms with van der Waals surface area (Å²) in [6.07, 6.45) is 1.35. The molecule has 1 amide bonds. The van der Waals surface area contributed by atoms with Crippen molar-refractivity contribution >= 4 is 15.7 Å². The van der Waals surface area contributed by atoms with Crippen LogP contribution in [-0.2, 0) is 21.2 Å². The van der Waals surface area contributed by atoms with E-state index < -0.39 is 15.9 Å². The van der Waals surface area contributed by atoms with Crippen LogP contribution < -0.4 is 5.73 Å². The fraction of sp³-hybridized carbons (Fsp3) is 0.632. The molecule has 0 aliphatic carbocycles. The number of amides is 1. The highest BCUT2D eigenvalue weighted by atomic mass is 32.2. The van der Waals surface area contributed by atoms with Crippen molar-refractivity contribution in [1.29, 1.82) is 0 Å². The van der Waals surface area contributed by atoms with Crippen LogP contribution in [0.4, 0.5) is 0 Å². The van der Waals surface area contributed by atoms with E-state index in [1.807, 2.05) is 6.07 Å². The van der Waals surface area contributed by atoms with Crippen LogP contribution in [0.5, 0.6) is 0 Å². The highest BCUT2D eigenvalue weighted by Crippen LogP contribution is 2.07. The van der Waals surface area contributed by atoms with Gasteiger partial charge in [-0.25, -0.2) is 8.42 Å². The molecular formula is C19H32N4O3S. The summed E-state index contributed by atoms with van der Waals surface area (Å²) in [7, 11) is -0.975. The van der Waals surface area contributed by atoms with Gasteiger partial charge in [-0.2, -0.15) is 0 Å². The average molecular weight is 397 g/mol. The topological polar surface area (TPSA) is 86.9 Å². The number of carbonyl (C=O) groups is 1. The van der Waals surface area contributed by atoms with Crippen LogP contribution in [0.2, 0.25) is 0 Å². The van der Waals surface area contributed by atoms with Crippen molar-refractivity contribution in [2.24, 2.45) is 5.73 Å². The van der Waals surface area contributed by atoms with Gasteiger partial charge in [-0.05, 0) is 19.0 Å². The second-order valence-corrected chi connectivity index (χ2v) is 9.68. The average Bonchev–Trinajstić information content (AvgIpc) is 2.64. The second-order valence-electron chi connectivity index (χ2n) is 7.42. The minimum absolute atomic E-state index is 0.0480. The maximum Gasteiger partial charge on any atom is 0.239 e. The molecule has 0 spiro atoms. The summed E-state index contributed by atoms with van der Waals surface area (Å²) in [6.45, 7) is 5.80. The van der Waals surface area contributed by atoms with Gasteiger partial charge in [0.1, 0.15) is 9.84 Å². The smallest absolute Gasteiger partial charge is 0.239 e. The van der Waals surface area contributed by atoms with Crippen molar-refractivity contribution in [2.45, 2.75) is 19.0 Å². The van der Waals surface area contributed by atoms with Crippen LogP contribution in [0.1, 0.15) is 12.0 Å². The summed E-state index contributed by atoms with van der Waals surface area (Å²) in [5, 5.41) is 0. The lowest BCUT2D eigenvalue weighted by Crippen LogP contribution is -2.54. The van der Waals surface area contributed by atoms with Gasteiger partial charge in [0.2, 0.25) is 5.91 Å². The summed E-state index contributed by atoms with van der Waals surface area (Å²) in [6, 6.07) is 9.67. The molecule has 8 heteroatoms. The lowest BCUT2D eigenvalue weighted by molar-refractivity contribution is -0.134. The van der Waals surface area contributed by atoms with Gasteiger partial charge in [0.15, 0.2) is 0 Å². The summed E-state index contributed by atoms with van der Waals surface area (Å²) in [4.78, 5) is 18.8. The molecular weight excluding hydrogens is 364 g/mol. The maximum absolute atomic E-state index is 12.4. The number of hydrogen-bond acceptors (Lipinski definition) is 6. The number of carbonyl (C=O) groups excluding carboxylic acids is 1. The standard InChI is InChI=1S/C19H32N4O3S/c1-21(16-17-6-4-3-5-7-17)9-10-22-11-13-23(14-12-22)19(24)18(20)8-15-27(2,25)26/h3-7,18H,8-16,20H2,1-2H3. The Morgan fingerprint density at radius 2 is 1.81 bits per heavy atom. The number of nitrogens with zero attached hydrogens (tertiary/aromatic N) is 3. The summed E-state index contributed by atoms with van der Waals surface area (Å²) in [5.41, 5.74) is 7.19. The van der Waals surface area contributed by atoms with Crippen molar-refractivity contribution in [2.75, 3.05) is 58.3 Å². The number of sulfone groups is 1. The van der Waals surface area contributed by atoms with Gasteiger partial charge in [-0.3, -0.25) is 9.69 Å². The highest BCUT2D eigenvalue weighted by molar-refractivity contribution is 7.90. The van der Waals surface area contributed by atoms with Crippen molar-refractivity contribution < 1.29 is 13.2 Å². The Morgan fingerprint density at radius 3 is 2.41 bits per heavy atom. The SMILES string of the molecule is CN(CCN1CCN(C(=O)C(N)CCS(C)(=O)=O)CC1)Cc1ccccc1. The van der Waals surface area contributed by atoms with Gasteiger partial charge in [0.05, 0.1) is 11.8 Å². The van der Waals surface area contributed by atoms with E-state index in [2.05, 4.69) is 41.1 Å². The van der Waals surface area contributed by atoms with Crippen LogP contribution in [-0.4, -0.2) is 93.4 Å². The number of likely N-dealkylation sites (N-methyl/N-ethyl adjacent to an activating group) is 1. The zero-order chi connectivity index (χ0) is 19.9. The maximum atomic E-state index is 12.4. The molecule has 1 heterocycles. The lowest BCUT2D eigenvalue weighted by atomic mass is 10.2. The number of hydrogen-bond donors (Lipinski definition) is 1. The van der Waals surface area contributed by atoms with Crippen LogP contribution in [0, 0.1) is 0 Å². The predicted molar refractivity (Wildman–Crippen MR) is 108 cm³/mol. The summed E-state index contributed by atoms with van der Waals surface area (Å²) in [5.74, 6) is -0.187. The van der Waals surface area contributed by atoms with E-state index in [4.69, 9.17) is 5.73 Å². The third-order valence-corrected chi connectivity index (χ3v) is 5.87. The first-order valence-corrected chi connectivity index (χ1v) is 11.5. The Labute approximate surface area is 163 Å². The van der Waals surface area contributed by atoms with Gasteiger partial charge in [-0.1, -0.05) is 30.3 Å². The molecule has 2 N–H and O–H groups in total. The molecule has 0 radical (unpaired) electrons. The minimum Gasteiger partial charge on any atom is -0.339 e. The highest BCUT2D eigenvalue weighted by Gasteiger charge is 2.25. The first-order chi connectivity index (χ1) is 12.7. The molecule has 1 aliphatic heterocycles. The normalized spacial score (nSPS) is 17.3. The molecule has 1 aliphatic rings.